The molecule has 1 N–H and O–H groups in total. The van der Waals surface area contributed by atoms with Crippen LogP contribution in [0, 0.1) is 11.3 Å². The highest BCUT2D eigenvalue weighted by Crippen LogP contribution is 2.39. The summed E-state index contributed by atoms with van der Waals surface area (Å²) in [7, 11) is 1.30. The van der Waals surface area contributed by atoms with Crippen molar-refractivity contribution in [2.24, 2.45) is 0 Å². The molecular weight excluding hydrogens is 400 g/mol. The summed E-state index contributed by atoms with van der Waals surface area (Å²) in [6, 6.07) is 29.8. The molecule has 0 unspecified atom stereocenters. The van der Waals surface area contributed by atoms with Gasteiger partial charge in [-0.15, -0.1) is 0 Å². The van der Waals surface area contributed by atoms with Crippen molar-refractivity contribution in [1.82, 2.24) is 5.32 Å². The van der Waals surface area contributed by atoms with Crippen molar-refractivity contribution in [2.45, 2.75) is 30.7 Å². The van der Waals surface area contributed by atoms with E-state index in [1.54, 1.807) is 0 Å². The lowest BCUT2D eigenvalue weighted by atomic mass is 9.68. The van der Waals surface area contributed by atoms with Gasteiger partial charge >= 0.3 is 5.97 Å². The molecule has 0 spiro atoms. The van der Waals surface area contributed by atoms with Crippen molar-refractivity contribution < 1.29 is 14.3 Å². The van der Waals surface area contributed by atoms with Crippen LogP contribution in [-0.4, -0.2) is 25.0 Å². The van der Waals surface area contributed by atoms with Gasteiger partial charge in [-0.2, -0.15) is 5.26 Å². The molecule has 0 saturated heterocycles. The molecule has 0 fully saturated rings. The summed E-state index contributed by atoms with van der Waals surface area (Å²) in [5, 5.41) is 11.8. The molecule has 0 bridgehead atoms. The highest BCUT2D eigenvalue weighted by atomic mass is 16.5. The first-order valence-corrected chi connectivity index (χ1v) is 10.6. The number of nitrogens with one attached hydrogen (secondary N) is 1. The SMILES string of the molecule is COC(=O)[C@H](CCCC#N)NC(=O)C(c1ccccc1)(c1ccccc1)c1ccccc1. The number of esters is 1. The van der Waals surface area contributed by atoms with E-state index in [1.165, 1.54) is 7.11 Å². The molecule has 0 aliphatic carbocycles. The maximum Gasteiger partial charge on any atom is 0.328 e. The molecule has 1 amide bonds. The number of unbranched alkanes of at least 4 members (excludes halogenated alkanes) is 1. The lowest BCUT2D eigenvalue weighted by Crippen LogP contribution is -2.52. The number of carbonyl (C=O) groups excluding carboxylic acids is 2. The lowest BCUT2D eigenvalue weighted by molar-refractivity contribution is -0.145. The monoisotopic (exact) mass is 426 g/mol. The number of hydrogen-bond acceptors (Lipinski definition) is 4. The van der Waals surface area contributed by atoms with Crippen LogP contribution < -0.4 is 5.32 Å². The van der Waals surface area contributed by atoms with Crippen molar-refractivity contribution in [3.8, 4) is 6.07 Å². The van der Waals surface area contributed by atoms with E-state index >= 15 is 0 Å². The van der Waals surface area contributed by atoms with E-state index in [-0.39, 0.29) is 5.91 Å². The number of benzene rings is 3. The summed E-state index contributed by atoms with van der Waals surface area (Å²) in [6.07, 6.45) is 1.09. The summed E-state index contributed by atoms with van der Waals surface area (Å²) in [5.74, 6) is -0.854. The van der Waals surface area contributed by atoms with Gasteiger partial charge in [-0.05, 0) is 29.5 Å². The number of carbonyl (C=O) groups is 2. The maximum absolute atomic E-state index is 14.1. The van der Waals surface area contributed by atoms with Crippen LogP contribution in [0.25, 0.3) is 0 Å². The smallest absolute Gasteiger partial charge is 0.328 e. The molecular formula is C27H26N2O3. The Labute approximate surface area is 188 Å². The van der Waals surface area contributed by atoms with Crippen LogP contribution in [0.3, 0.4) is 0 Å². The average Bonchev–Trinajstić information content (AvgIpc) is 2.85. The Morgan fingerprint density at radius 1 is 0.875 bits per heavy atom. The van der Waals surface area contributed by atoms with Crippen LogP contribution in [0.2, 0.25) is 0 Å². The molecule has 0 aromatic heterocycles. The van der Waals surface area contributed by atoms with E-state index in [1.807, 2.05) is 91.0 Å². The molecule has 162 valence electrons. The highest BCUT2D eigenvalue weighted by Gasteiger charge is 2.45. The number of nitriles is 1. The first kappa shape index (κ1) is 22.8. The lowest BCUT2D eigenvalue weighted by Gasteiger charge is -2.35. The summed E-state index contributed by atoms with van der Waals surface area (Å²) in [5.41, 5.74) is 1.19. The highest BCUT2D eigenvalue weighted by molar-refractivity contribution is 5.98. The summed E-state index contributed by atoms with van der Waals surface area (Å²) < 4.78 is 4.94. The van der Waals surface area contributed by atoms with Crippen LogP contribution in [-0.2, 0) is 19.7 Å². The maximum atomic E-state index is 14.1. The molecule has 3 aromatic rings. The third kappa shape index (κ3) is 4.70. The molecule has 0 saturated carbocycles. The van der Waals surface area contributed by atoms with Gasteiger partial charge in [-0.3, -0.25) is 4.79 Å². The average molecular weight is 427 g/mol. The van der Waals surface area contributed by atoms with Crippen LogP contribution in [0.15, 0.2) is 91.0 Å². The zero-order chi connectivity index (χ0) is 22.8. The largest absolute Gasteiger partial charge is 0.467 e. The van der Waals surface area contributed by atoms with E-state index in [0.29, 0.717) is 19.3 Å². The second-order valence-electron chi connectivity index (χ2n) is 7.45. The first-order valence-electron chi connectivity index (χ1n) is 10.6. The normalized spacial score (nSPS) is 11.8. The van der Waals surface area contributed by atoms with Crippen molar-refractivity contribution in [3.63, 3.8) is 0 Å². The van der Waals surface area contributed by atoms with Crippen LogP contribution in [0.4, 0.5) is 0 Å². The van der Waals surface area contributed by atoms with Gasteiger partial charge in [0.1, 0.15) is 11.5 Å². The minimum Gasteiger partial charge on any atom is -0.467 e. The van der Waals surface area contributed by atoms with Gasteiger partial charge in [0.05, 0.1) is 13.2 Å². The summed E-state index contributed by atoms with van der Waals surface area (Å²) in [6.45, 7) is 0. The van der Waals surface area contributed by atoms with Crippen LogP contribution >= 0.6 is 0 Å². The number of nitrogens with zero attached hydrogens (tertiary/aromatic N) is 1. The molecule has 3 aromatic carbocycles. The third-order valence-corrected chi connectivity index (χ3v) is 5.53. The quantitative estimate of drug-likeness (QED) is 0.313. The standard InChI is InChI=1S/C27H26N2O3/c1-32-25(30)24(19-11-12-20-28)29-26(31)27(21-13-5-2-6-14-21,22-15-7-3-8-16-22)23-17-9-4-10-18-23/h2-10,13-18,24H,11-12,19H2,1H3,(H,29,31)/t24-/m0/s1. The minimum absolute atomic E-state index is 0.296. The van der Waals surface area contributed by atoms with Crippen LogP contribution in [0.5, 0.6) is 0 Å². The number of hydrogen-bond donors (Lipinski definition) is 1. The fourth-order valence-corrected chi connectivity index (χ4v) is 4.00. The number of amides is 1. The first-order chi connectivity index (χ1) is 15.6. The Hall–Kier alpha value is -3.91. The molecule has 0 radical (unpaired) electrons. The molecule has 3 rings (SSSR count). The van der Waals surface area contributed by atoms with Gasteiger partial charge < -0.3 is 10.1 Å². The van der Waals surface area contributed by atoms with Gasteiger partial charge in [-0.25, -0.2) is 4.79 Å². The molecule has 5 heteroatoms. The van der Waals surface area contributed by atoms with Crippen LogP contribution in [0.1, 0.15) is 36.0 Å². The molecule has 5 nitrogen and oxygen atoms in total. The van der Waals surface area contributed by atoms with Gasteiger partial charge in [-0.1, -0.05) is 91.0 Å². The fraction of sp³-hybridized carbons (Fsp3) is 0.222. The van der Waals surface area contributed by atoms with E-state index in [4.69, 9.17) is 10.00 Å². The molecule has 0 aliphatic rings. The van der Waals surface area contributed by atoms with Gasteiger partial charge in [0.25, 0.3) is 0 Å². The third-order valence-electron chi connectivity index (χ3n) is 5.53. The Balaban J connectivity index is 2.16. The van der Waals surface area contributed by atoms with Crippen molar-refractivity contribution in [3.05, 3.63) is 108 Å². The number of methoxy groups -OCH3 is 1. The minimum atomic E-state index is -1.18. The Bertz CT molecular complexity index is 964. The molecule has 1 atom stereocenters. The molecule has 0 aliphatic heterocycles. The zero-order valence-corrected chi connectivity index (χ0v) is 18.0. The second kappa shape index (κ2) is 10.9. The Morgan fingerprint density at radius 3 is 1.69 bits per heavy atom. The topological polar surface area (TPSA) is 79.2 Å². The van der Waals surface area contributed by atoms with Crippen molar-refractivity contribution in [1.29, 1.82) is 5.26 Å². The summed E-state index contributed by atoms with van der Waals surface area (Å²) >= 11 is 0. The van der Waals surface area contributed by atoms with Crippen molar-refractivity contribution in [2.75, 3.05) is 7.11 Å². The summed E-state index contributed by atoms with van der Waals surface area (Å²) in [4.78, 5) is 26.6. The Kier molecular flexibility index (Phi) is 7.77. The van der Waals surface area contributed by atoms with Crippen molar-refractivity contribution >= 4 is 11.9 Å². The van der Waals surface area contributed by atoms with E-state index in [2.05, 4.69) is 11.4 Å². The molecule has 32 heavy (non-hydrogen) atoms. The van der Waals surface area contributed by atoms with Gasteiger partial charge in [0, 0.05) is 6.42 Å². The molecule has 0 heterocycles. The van der Waals surface area contributed by atoms with Gasteiger partial charge in [0.2, 0.25) is 5.91 Å². The van der Waals surface area contributed by atoms with E-state index < -0.39 is 17.4 Å². The predicted molar refractivity (Wildman–Crippen MR) is 123 cm³/mol. The van der Waals surface area contributed by atoms with Gasteiger partial charge in [0.15, 0.2) is 0 Å². The number of ether oxygens (including phenoxy) is 1. The number of rotatable bonds is 9. The van der Waals surface area contributed by atoms with E-state index in [9.17, 15) is 9.59 Å². The Morgan fingerprint density at radius 2 is 1.31 bits per heavy atom. The zero-order valence-electron chi connectivity index (χ0n) is 18.0. The fourth-order valence-electron chi connectivity index (χ4n) is 4.00. The second-order valence-corrected chi connectivity index (χ2v) is 7.45. The predicted octanol–water partition coefficient (Wildman–Crippen LogP) is 4.37. The van der Waals surface area contributed by atoms with E-state index in [0.717, 1.165) is 16.7 Å².